The molecular weight excluding hydrogens is 506 g/mol. The first kappa shape index (κ1) is 27.9. The van der Waals surface area contributed by atoms with Crippen molar-refractivity contribution >= 4 is 0 Å². The van der Waals surface area contributed by atoms with Crippen LogP contribution in [0.25, 0.3) is 11.1 Å². The number of benzene rings is 3. The van der Waals surface area contributed by atoms with E-state index in [4.69, 9.17) is 9.47 Å². The molecule has 0 spiro atoms. The van der Waals surface area contributed by atoms with Crippen molar-refractivity contribution in [1.29, 1.82) is 0 Å². The van der Waals surface area contributed by atoms with Gasteiger partial charge in [-0.3, -0.25) is 0 Å². The van der Waals surface area contributed by atoms with E-state index in [2.05, 4.69) is 0 Å². The molecule has 3 aromatic rings. The summed E-state index contributed by atoms with van der Waals surface area (Å²) < 4.78 is 97.5. The van der Waals surface area contributed by atoms with Crippen molar-refractivity contribution in [3.63, 3.8) is 0 Å². The maximum atomic E-state index is 14.9. The third kappa shape index (κ3) is 5.64. The van der Waals surface area contributed by atoms with Gasteiger partial charge in [0.05, 0.1) is 13.2 Å². The SMILES string of the molecule is CCOc1ccc(-c2ccc(CCC3CCC(c4ccc(OCC)c(F)c4F)CC3)c(F)c2F)c(F)c1F. The Balaban J connectivity index is 1.39. The van der Waals surface area contributed by atoms with E-state index in [-0.39, 0.29) is 59.7 Å². The van der Waals surface area contributed by atoms with Gasteiger partial charge in [-0.2, -0.15) is 8.78 Å². The number of hydrogen-bond donors (Lipinski definition) is 0. The highest BCUT2D eigenvalue weighted by Crippen LogP contribution is 2.40. The molecule has 0 aliphatic heterocycles. The maximum absolute atomic E-state index is 14.9. The number of halogens is 6. The molecule has 0 saturated heterocycles. The highest BCUT2D eigenvalue weighted by Gasteiger charge is 2.27. The van der Waals surface area contributed by atoms with Crippen molar-refractivity contribution in [2.75, 3.05) is 13.2 Å². The van der Waals surface area contributed by atoms with Gasteiger partial charge in [-0.05, 0) is 93.5 Å². The molecule has 0 radical (unpaired) electrons. The van der Waals surface area contributed by atoms with Crippen LogP contribution < -0.4 is 9.47 Å². The van der Waals surface area contributed by atoms with Gasteiger partial charge in [0.1, 0.15) is 0 Å². The van der Waals surface area contributed by atoms with Crippen LogP contribution in [0.1, 0.15) is 63.0 Å². The van der Waals surface area contributed by atoms with E-state index in [1.165, 1.54) is 30.3 Å². The van der Waals surface area contributed by atoms with E-state index in [0.29, 0.717) is 24.8 Å². The predicted molar refractivity (Wildman–Crippen MR) is 133 cm³/mol. The fourth-order valence-electron chi connectivity index (χ4n) is 5.25. The van der Waals surface area contributed by atoms with Crippen molar-refractivity contribution in [3.05, 3.63) is 82.4 Å². The molecule has 0 heterocycles. The van der Waals surface area contributed by atoms with Gasteiger partial charge < -0.3 is 9.47 Å². The fourth-order valence-corrected chi connectivity index (χ4v) is 5.25. The van der Waals surface area contributed by atoms with Crippen LogP contribution in [0.5, 0.6) is 11.5 Å². The topological polar surface area (TPSA) is 18.5 Å². The summed E-state index contributed by atoms with van der Waals surface area (Å²) in [5.41, 5.74) is -0.258. The summed E-state index contributed by atoms with van der Waals surface area (Å²) in [5.74, 6) is -7.01. The zero-order valence-corrected chi connectivity index (χ0v) is 21.4. The number of aryl methyl sites for hydroxylation is 1. The van der Waals surface area contributed by atoms with E-state index < -0.39 is 34.9 Å². The molecule has 0 N–H and O–H groups in total. The van der Waals surface area contributed by atoms with Crippen LogP contribution in [0.2, 0.25) is 0 Å². The van der Waals surface area contributed by atoms with Gasteiger partial charge >= 0.3 is 0 Å². The summed E-state index contributed by atoms with van der Waals surface area (Å²) >= 11 is 0. The molecule has 0 unspecified atom stereocenters. The van der Waals surface area contributed by atoms with Gasteiger partial charge in [0.15, 0.2) is 34.8 Å². The lowest BCUT2D eigenvalue weighted by Gasteiger charge is -2.29. The second-order valence-electron chi connectivity index (χ2n) is 9.54. The normalized spacial score (nSPS) is 17.5. The minimum atomic E-state index is -1.30. The molecule has 1 fully saturated rings. The van der Waals surface area contributed by atoms with Crippen LogP contribution in [-0.2, 0) is 6.42 Å². The van der Waals surface area contributed by atoms with Crippen LogP contribution in [0, 0.1) is 40.8 Å². The first-order chi connectivity index (χ1) is 18.3. The summed E-state index contributed by atoms with van der Waals surface area (Å²) in [6, 6.07) is 8.04. The zero-order chi connectivity index (χ0) is 27.4. The van der Waals surface area contributed by atoms with Gasteiger partial charge in [-0.25, -0.2) is 17.6 Å². The molecule has 8 heteroatoms. The highest BCUT2D eigenvalue weighted by molar-refractivity contribution is 5.66. The molecule has 0 aromatic heterocycles. The predicted octanol–water partition coefficient (Wildman–Crippen LogP) is 8.89. The lowest BCUT2D eigenvalue weighted by Crippen LogP contribution is -2.16. The Morgan fingerprint density at radius 1 is 0.605 bits per heavy atom. The van der Waals surface area contributed by atoms with Gasteiger partial charge in [-0.15, -0.1) is 0 Å². The maximum Gasteiger partial charge on any atom is 0.201 e. The molecule has 204 valence electrons. The number of ether oxygens (including phenoxy) is 2. The molecule has 3 aromatic carbocycles. The lowest BCUT2D eigenvalue weighted by atomic mass is 9.76. The number of rotatable bonds is 9. The molecule has 2 nitrogen and oxygen atoms in total. The Morgan fingerprint density at radius 2 is 1.13 bits per heavy atom. The first-order valence-corrected chi connectivity index (χ1v) is 12.9. The lowest BCUT2D eigenvalue weighted by molar-refractivity contribution is 0.296. The van der Waals surface area contributed by atoms with Crippen LogP contribution in [-0.4, -0.2) is 13.2 Å². The average Bonchev–Trinajstić information content (AvgIpc) is 2.92. The molecule has 0 atom stereocenters. The number of hydrogen-bond acceptors (Lipinski definition) is 2. The van der Waals surface area contributed by atoms with Gasteiger partial charge in [0.25, 0.3) is 0 Å². The van der Waals surface area contributed by atoms with Crippen LogP contribution in [0.3, 0.4) is 0 Å². The molecule has 1 saturated carbocycles. The minimum Gasteiger partial charge on any atom is -0.491 e. The Morgan fingerprint density at radius 3 is 1.74 bits per heavy atom. The molecule has 1 aliphatic rings. The van der Waals surface area contributed by atoms with Crippen molar-refractivity contribution in [1.82, 2.24) is 0 Å². The van der Waals surface area contributed by atoms with Gasteiger partial charge in [-0.1, -0.05) is 18.2 Å². The summed E-state index contributed by atoms with van der Waals surface area (Å²) in [4.78, 5) is 0. The molecule has 1 aliphatic carbocycles. The summed E-state index contributed by atoms with van der Waals surface area (Å²) in [5, 5.41) is 0. The Labute approximate surface area is 218 Å². The average molecular weight is 537 g/mol. The van der Waals surface area contributed by atoms with E-state index in [1.807, 2.05) is 0 Å². The quantitative estimate of drug-likeness (QED) is 0.254. The minimum absolute atomic E-state index is 0.0990. The van der Waals surface area contributed by atoms with Crippen molar-refractivity contribution in [2.24, 2.45) is 5.92 Å². The first-order valence-electron chi connectivity index (χ1n) is 12.9. The Bertz CT molecular complexity index is 1280. The molecule has 38 heavy (non-hydrogen) atoms. The molecule has 0 bridgehead atoms. The van der Waals surface area contributed by atoms with Crippen molar-refractivity contribution in [3.8, 4) is 22.6 Å². The standard InChI is InChI=1S/C30H30F6O2/c1-3-37-23-15-13-20(26(32)29(23)35)18-8-5-17(6-9-18)7-10-19-11-12-21(27(33)25(19)31)22-14-16-24(38-4-2)30(36)28(22)34/h11-18H,3-10H2,1-2H3. The van der Waals surface area contributed by atoms with Crippen LogP contribution in [0.4, 0.5) is 26.3 Å². The molecular formula is C30H30F6O2. The highest BCUT2D eigenvalue weighted by atomic mass is 19.2. The monoisotopic (exact) mass is 536 g/mol. The summed E-state index contributed by atoms with van der Waals surface area (Å²) in [6.45, 7) is 3.69. The third-order valence-electron chi connectivity index (χ3n) is 7.28. The van der Waals surface area contributed by atoms with Crippen molar-refractivity contribution < 1.29 is 35.8 Å². The second-order valence-corrected chi connectivity index (χ2v) is 9.54. The van der Waals surface area contributed by atoms with E-state index in [9.17, 15) is 26.3 Å². The van der Waals surface area contributed by atoms with Crippen LogP contribution >= 0.6 is 0 Å². The van der Waals surface area contributed by atoms with Crippen molar-refractivity contribution in [2.45, 2.75) is 58.3 Å². The Hall–Kier alpha value is -3.16. The smallest absolute Gasteiger partial charge is 0.201 e. The fraction of sp³-hybridized carbons (Fsp3) is 0.400. The molecule has 4 rings (SSSR count). The van der Waals surface area contributed by atoms with Gasteiger partial charge in [0, 0.05) is 11.1 Å². The summed E-state index contributed by atoms with van der Waals surface area (Å²) in [6.07, 6.45) is 3.68. The largest absolute Gasteiger partial charge is 0.491 e. The van der Waals surface area contributed by atoms with E-state index in [0.717, 1.165) is 12.8 Å². The third-order valence-corrected chi connectivity index (χ3v) is 7.28. The van der Waals surface area contributed by atoms with E-state index in [1.54, 1.807) is 19.9 Å². The van der Waals surface area contributed by atoms with E-state index >= 15 is 0 Å². The van der Waals surface area contributed by atoms with Crippen LogP contribution in [0.15, 0.2) is 36.4 Å². The van der Waals surface area contributed by atoms with Gasteiger partial charge in [0.2, 0.25) is 11.6 Å². The molecule has 0 amide bonds. The summed E-state index contributed by atoms with van der Waals surface area (Å²) in [7, 11) is 0. The zero-order valence-electron chi connectivity index (χ0n) is 21.4. The Kier molecular flexibility index (Phi) is 8.90. The second kappa shape index (κ2) is 12.1.